The summed E-state index contributed by atoms with van der Waals surface area (Å²) in [7, 11) is 3.36. The maximum atomic E-state index is 13.4. The van der Waals surface area contributed by atoms with E-state index >= 15 is 0 Å². The highest BCUT2D eigenvalue weighted by Crippen LogP contribution is 2.52. The number of methoxy groups -OCH3 is 1. The molecule has 4 atom stereocenters. The number of aromatic nitrogens is 2. The van der Waals surface area contributed by atoms with Gasteiger partial charge in [0.2, 0.25) is 11.8 Å². The Kier molecular flexibility index (Phi) is 4.74. The van der Waals surface area contributed by atoms with E-state index in [2.05, 4.69) is 9.97 Å². The van der Waals surface area contributed by atoms with E-state index in [1.807, 2.05) is 36.4 Å². The van der Waals surface area contributed by atoms with Crippen molar-refractivity contribution in [3.05, 3.63) is 66.3 Å². The minimum atomic E-state index is -0.725. The molecule has 3 aliphatic rings. The third-order valence-corrected chi connectivity index (χ3v) is 6.39. The van der Waals surface area contributed by atoms with Crippen molar-refractivity contribution in [2.75, 3.05) is 20.7 Å². The maximum Gasteiger partial charge on any atom is 0.230 e. The first-order valence-electron chi connectivity index (χ1n) is 10.3. The Hall–Kier alpha value is -3.26. The molecule has 2 aromatic rings. The molecule has 2 saturated heterocycles. The molecule has 1 spiro atoms. The fourth-order valence-electron chi connectivity index (χ4n) is 4.97. The molecule has 0 aliphatic carbocycles. The smallest absolute Gasteiger partial charge is 0.230 e. The number of amides is 2. The summed E-state index contributed by atoms with van der Waals surface area (Å²) in [5.74, 6) is -0.424. The van der Waals surface area contributed by atoms with Gasteiger partial charge in [-0.15, -0.1) is 0 Å². The van der Waals surface area contributed by atoms with Gasteiger partial charge >= 0.3 is 0 Å². The van der Waals surface area contributed by atoms with E-state index in [0.29, 0.717) is 19.6 Å². The standard InChI is InChI=1S/C23H24N4O4/c1-26(12-16-7-9-24-14-25-16)21(28)19-18-6-8-23(31-18)13-27(22(29)20(19)23)11-15-4-3-5-17(10-15)30-2/h3-10,14,18-20H,11-13H2,1-2H3/t18-,19?,20?,23-/m0/s1. The number of benzene rings is 1. The van der Waals surface area contributed by atoms with Crippen LogP contribution in [0.5, 0.6) is 5.75 Å². The highest BCUT2D eigenvalue weighted by molar-refractivity contribution is 5.93. The minimum absolute atomic E-state index is 0.0385. The molecule has 0 N–H and O–H groups in total. The molecular formula is C23H24N4O4. The Balaban J connectivity index is 1.35. The van der Waals surface area contributed by atoms with Gasteiger partial charge in [-0.3, -0.25) is 9.59 Å². The number of hydrogen-bond acceptors (Lipinski definition) is 6. The van der Waals surface area contributed by atoms with Gasteiger partial charge < -0.3 is 19.3 Å². The molecule has 0 saturated carbocycles. The van der Waals surface area contributed by atoms with Crippen molar-refractivity contribution in [2.45, 2.75) is 24.8 Å². The first kappa shape index (κ1) is 19.7. The van der Waals surface area contributed by atoms with Crippen molar-refractivity contribution < 1.29 is 19.1 Å². The average molecular weight is 420 g/mol. The van der Waals surface area contributed by atoms with Gasteiger partial charge in [-0.1, -0.05) is 24.3 Å². The quantitative estimate of drug-likeness (QED) is 0.658. The summed E-state index contributed by atoms with van der Waals surface area (Å²) in [4.78, 5) is 38.3. The summed E-state index contributed by atoms with van der Waals surface area (Å²) >= 11 is 0. The van der Waals surface area contributed by atoms with Crippen LogP contribution in [-0.4, -0.2) is 64.0 Å². The van der Waals surface area contributed by atoms with Gasteiger partial charge in [0.1, 0.15) is 17.7 Å². The predicted octanol–water partition coefficient (Wildman–Crippen LogP) is 1.43. The van der Waals surface area contributed by atoms with Crippen molar-refractivity contribution in [1.29, 1.82) is 0 Å². The summed E-state index contributed by atoms with van der Waals surface area (Å²) in [5, 5.41) is 0. The second-order valence-electron chi connectivity index (χ2n) is 8.34. The number of likely N-dealkylation sites (tertiary alicyclic amines) is 1. The van der Waals surface area contributed by atoms with Crippen molar-refractivity contribution in [3.63, 3.8) is 0 Å². The fourth-order valence-corrected chi connectivity index (χ4v) is 4.97. The topological polar surface area (TPSA) is 84.9 Å². The Morgan fingerprint density at radius 3 is 3.03 bits per heavy atom. The third kappa shape index (κ3) is 3.27. The lowest BCUT2D eigenvalue weighted by atomic mass is 9.76. The number of hydrogen-bond donors (Lipinski definition) is 0. The number of nitrogens with zero attached hydrogens (tertiary/aromatic N) is 4. The van der Waals surface area contributed by atoms with Crippen LogP contribution in [0.1, 0.15) is 11.3 Å². The Bertz CT molecular complexity index is 1040. The number of rotatable bonds is 6. The second kappa shape index (κ2) is 7.46. The molecule has 2 amide bonds. The summed E-state index contributed by atoms with van der Waals surface area (Å²) < 4.78 is 11.5. The lowest BCUT2D eigenvalue weighted by Gasteiger charge is -2.27. The van der Waals surface area contributed by atoms with Gasteiger partial charge in [0.25, 0.3) is 0 Å². The number of ether oxygens (including phenoxy) is 2. The molecule has 1 aromatic heterocycles. The van der Waals surface area contributed by atoms with E-state index in [4.69, 9.17) is 9.47 Å². The molecule has 1 aromatic carbocycles. The van der Waals surface area contributed by atoms with Gasteiger partial charge in [-0.2, -0.15) is 0 Å². The molecule has 0 radical (unpaired) electrons. The summed E-state index contributed by atoms with van der Waals surface area (Å²) in [6.07, 6.45) is 6.65. The van der Waals surface area contributed by atoms with E-state index in [-0.39, 0.29) is 17.9 Å². The molecule has 2 unspecified atom stereocenters. The zero-order chi connectivity index (χ0) is 21.6. The van der Waals surface area contributed by atoms with E-state index in [0.717, 1.165) is 17.0 Å². The molecular weight excluding hydrogens is 396 g/mol. The Morgan fingerprint density at radius 2 is 2.26 bits per heavy atom. The summed E-state index contributed by atoms with van der Waals surface area (Å²) in [6.45, 7) is 1.25. The molecule has 8 nitrogen and oxygen atoms in total. The van der Waals surface area contributed by atoms with Gasteiger partial charge in [0, 0.05) is 19.8 Å². The second-order valence-corrected chi connectivity index (χ2v) is 8.34. The largest absolute Gasteiger partial charge is 0.497 e. The molecule has 8 heteroatoms. The normalized spacial score (nSPS) is 28.1. The molecule has 3 aliphatic heterocycles. The zero-order valence-corrected chi connectivity index (χ0v) is 17.5. The monoisotopic (exact) mass is 420 g/mol. The van der Waals surface area contributed by atoms with Crippen LogP contribution < -0.4 is 4.74 Å². The summed E-state index contributed by atoms with van der Waals surface area (Å²) in [5.41, 5.74) is 1.00. The van der Waals surface area contributed by atoms with Crippen LogP contribution in [0.25, 0.3) is 0 Å². The first-order chi connectivity index (χ1) is 15.0. The van der Waals surface area contributed by atoms with Gasteiger partial charge in [-0.25, -0.2) is 9.97 Å². The van der Waals surface area contributed by atoms with Gasteiger partial charge in [0.05, 0.1) is 43.8 Å². The molecule has 2 bridgehead atoms. The van der Waals surface area contributed by atoms with Gasteiger partial charge in [-0.05, 0) is 23.8 Å². The molecule has 2 fully saturated rings. The Morgan fingerprint density at radius 1 is 1.39 bits per heavy atom. The van der Waals surface area contributed by atoms with Crippen molar-refractivity contribution in [3.8, 4) is 5.75 Å². The molecule has 31 heavy (non-hydrogen) atoms. The SMILES string of the molecule is COc1cccc(CN2C[C@]34C=C[C@H](O3)C(C(=O)N(C)Cc3ccncn3)C4C2=O)c1. The minimum Gasteiger partial charge on any atom is -0.497 e. The van der Waals surface area contributed by atoms with Crippen LogP contribution in [-0.2, 0) is 27.4 Å². The first-order valence-corrected chi connectivity index (χ1v) is 10.3. The molecule has 4 heterocycles. The lowest BCUT2D eigenvalue weighted by molar-refractivity contribution is -0.142. The zero-order valence-electron chi connectivity index (χ0n) is 17.5. The van der Waals surface area contributed by atoms with E-state index < -0.39 is 17.4 Å². The van der Waals surface area contributed by atoms with E-state index in [1.54, 1.807) is 36.2 Å². The number of fused-ring (bicyclic) bond motifs is 1. The van der Waals surface area contributed by atoms with Crippen molar-refractivity contribution in [2.24, 2.45) is 11.8 Å². The third-order valence-electron chi connectivity index (χ3n) is 6.39. The number of carbonyl (C=O) groups is 2. The fraction of sp³-hybridized carbons (Fsp3) is 0.391. The van der Waals surface area contributed by atoms with Crippen molar-refractivity contribution in [1.82, 2.24) is 19.8 Å². The Labute approximate surface area is 180 Å². The van der Waals surface area contributed by atoms with Crippen LogP contribution in [0.4, 0.5) is 0 Å². The molecule has 160 valence electrons. The van der Waals surface area contributed by atoms with Crippen LogP contribution in [0.3, 0.4) is 0 Å². The van der Waals surface area contributed by atoms with Crippen LogP contribution in [0, 0.1) is 11.8 Å². The maximum absolute atomic E-state index is 13.4. The average Bonchev–Trinajstić information content (AvgIpc) is 3.42. The predicted molar refractivity (Wildman–Crippen MR) is 111 cm³/mol. The van der Waals surface area contributed by atoms with Gasteiger partial charge in [0.15, 0.2) is 0 Å². The highest BCUT2D eigenvalue weighted by Gasteiger charge is 2.67. The van der Waals surface area contributed by atoms with Crippen LogP contribution in [0.15, 0.2) is 55.0 Å². The van der Waals surface area contributed by atoms with Crippen LogP contribution in [0.2, 0.25) is 0 Å². The molecule has 5 rings (SSSR count). The highest BCUT2D eigenvalue weighted by atomic mass is 16.5. The van der Waals surface area contributed by atoms with Crippen molar-refractivity contribution >= 4 is 11.8 Å². The van der Waals surface area contributed by atoms with Crippen LogP contribution >= 0.6 is 0 Å². The van der Waals surface area contributed by atoms with E-state index in [1.165, 1.54) is 6.33 Å². The number of carbonyl (C=O) groups excluding carboxylic acids is 2. The lowest BCUT2D eigenvalue weighted by Crippen LogP contribution is -2.44. The van der Waals surface area contributed by atoms with E-state index in [9.17, 15) is 9.59 Å². The summed E-state index contributed by atoms with van der Waals surface area (Å²) in [6, 6.07) is 9.45.